The Balaban J connectivity index is 1.91. The molecular weight excluding hydrogens is 342 g/mol. The molecular formula is C21H17N3O3. The maximum absolute atomic E-state index is 13.3. The molecule has 0 saturated carbocycles. The van der Waals surface area contributed by atoms with Crippen LogP contribution in [-0.2, 0) is 0 Å². The molecule has 134 valence electrons. The van der Waals surface area contributed by atoms with Crippen molar-refractivity contribution in [3.05, 3.63) is 99.6 Å². The van der Waals surface area contributed by atoms with Gasteiger partial charge >= 0.3 is 0 Å². The monoisotopic (exact) mass is 359 g/mol. The van der Waals surface area contributed by atoms with Gasteiger partial charge in [-0.2, -0.15) is 0 Å². The first-order valence-electron chi connectivity index (χ1n) is 8.55. The molecule has 0 unspecified atom stereocenters. The summed E-state index contributed by atoms with van der Waals surface area (Å²) < 4.78 is 0. The van der Waals surface area contributed by atoms with E-state index in [2.05, 4.69) is 5.32 Å². The molecule has 3 aromatic rings. The Hall–Kier alpha value is -3.67. The number of anilines is 2. The van der Waals surface area contributed by atoms with Crippen LogP contribution in [0.25, 0.3) is 0 Å². The molecule has 1 amide bonds. The number of nitrogens with zero attached hydrogens (tertiary/aromatic N) is 2. The molecule has 0 aliphatic carbocycles. The predicted octanol–water partition coefficient (Wildman–Crippen LogP) is 4.67. The van der Waals surface area contributed by atoms with Gasteiger partial charge in [0, 0.05) is 17.4 Å². The molecule has 3 aromatic carbocycles. The van der Waals surface area contributed by atoms with Crippen molar-refractivity contribution >= 4 is 23.0 Å². The van der Waals surface area contributed by atoms with E-state index in [1.165, 1.54) is 6.07 Å². The minimum absolute atomic E-state index is 0.0284. The molecule has 27 heavy (non-hydrogen) atoms. The molecule has 6 heteroatoms. The van der Waals surface area contributed by atoms with E-state index in [1.54, 1.807) is 35.2 Å². The lowest BCUT2D eigenvalue weighted by molar-refractivity contribution is -0.385. The second-order valence-electron chi connectivity index (χ2n) is 6.42. The average molecular weight is 359 g/mol. The van der Waals surface area contributed by atoms with E-state index >= 15 is 0 Å². The smallest absolute Gasteiger partial charge is 0.276 e. The Morgan fingerprint density at radius 1 is 0.963 bits per heavy atom. The fraction of sp³-hybridized carbons (Fsp3) is 0.0952. The van der Waals surface area contributed by atoms with Crippen molar-refractivity contribution in [2.24, 2.45) is 0 Å². The van der Waals surface area contributed by atoms with E-state index in [0.29, 0.717) is 22.5 Å². The summed E-state index contributed by atoms with van der Waals surface area (Å²) >= 11 is 0. The molecule has 0 fully saturated rings. The number of hydrogen-bond acceptors (Lipinski definition) is 4. The first kappa shape index (κ1) is 16.8. The summed E-state index contributed by atoms with van der Waals surface area (Å²) in [7, 11) is 0. The molecule has 0 spiro atoms. The van der Waals surface area contributed by atoms with Crippen molar-refractivity contribution in [3.63, 3.8) is 0 Å². The Morgan fingerprint density at radius 3 is 2.37 bits per heavy atom. The lowest BCUT2D eigenvalue weighted by atomic mass is 10.0. The number of nitrogens with one attached hydrogen (secondary N) is 1. The topological polar surface area (TPSA) is 75.5 Å². The highest BCUT2D eigenvalue weighted by molar-refractivity contribution is 6.12. The highest BCUT2D eigenvalue weighted by atomic mass is 16.6. The van der Waals surface area contributed by atoms with Gasteiger partial charge in [0.1, 0.15) is 6.17 Å². The lowest BCUT2D eigenvalue weighted by Gasteiger charge is -2.37. The van der Waals surface area contributed by atoms with Crippen molar-refractivity contribution in [1.29, 1.82) is 0 Å². The van der Waals surface area contributed by atoms with Crippen molar-refractivity contribution < 1.29 is 9.72 Å². The second kappa shape index (κ2) is 6.57. The van der Waals surface area contributed by atoms with Gasteiger partial charge in [0.25, 0.3) is 11.6 Å². The first-order chi connectivity index (χ1) is 13.1. The van der Waals surface area contributed by atoms with E-state index in [9.17, 15) is 14.9 Å². The number of para-hydroxylation sites is 2. The molecule has 1 heterocycles. The van der Waals surface area contributed by atoms with Crippen LogP contribution in [-0.4, -0.2) is 10.8 Å². The van der Waals surface area contributed by atoms with Crippen LogP contribution in [0.2, 0.25) is 0 Å². The van der Waals surface area contributed by atoms with E-state index in [0.717, 1.165) is 5.56 Å². The Kier molecular flexibility index (Phi) is 4.08. The van der Waals surface area contributed by atoms with Gasteiger partial charge in [0.05, 0.1) is 16.1 Å². The molecule has 0 bridgehead atoms. The van der Waals surface area contributed by atoms with Crippen molar-refractivity contribution in [2.45, 2.75) is 13.1 Å². The zero-order valence-corrected chi connectivity index (χ0v) is 14.6. The normalized spacial score (nSPS) is 15.8. The summed E-state index contributed by atoms with van der Waals surface area (Å²) in [6.07, 6.45) is -0.684. The second-order valence-corrected chi connectivity index (χ2v) is 6.42. The van der Waals surface area contributed by atoms with Crippen LogP contribution in [0.3, 0.4) is 0 Å². The van der Waals surface area contributed by atoms with Gasteiger partial charge < -0.3 is 5.32 Å². The van der Waals surface area contributed by atoms with Crippen LogP contribution in [0.4, 0.5) is 17.1 Å². The van der Waals surface area contributed by atoms with Crippen LogP contribution in [0.1, 0.15) is 27.7 Å². The standard InChI is InChI=1S/C21H17N3O3/c1-14-10-12-15(13-11-14)23-20(17-7-3-5-9-19(17)24(26)27)22-18-8-4-2-6-16(18)21(23)25/h2-13,20,22H,1H3/t20-/m1/s1. The lowest BCUT2D eigenvalue weighted by Crippen LogP contribution is -2.43. The van der Waals surface area contributed by atoms with Gasteiger partial charge in [-0.05, 0) is 37.3 Å². The first-order valence-corrected chi connectivity index (χ1v) is 8.55. The maximum atomic E-state index is 13.3. The van der Waals surface area contributed by atoms with Gasteiger partial charge in [-0.25, -0.2) is 0 Å². The number of aryl methyl sites for hydroxylation is 1. The van der Waals surface area contributed by atoms with Crippen LogP contribution < -0.4 is 10.2 Å². The fourth-order valence-electron chi connectivity index (χ4n) is 3.33. The number of benzene rings is 3. The van der Waals surface area contributed by atoms with E-state index in [-0.39, 0.29) is 11.6 Å². The molecule has 1 N–H and O–H groups in total. The Morgan fingerprint density at radius 2 is 1.63 bits per heavy atom. The summed E-state index contributed by atoms with van der Waals surface area (Å²) in [5.74, 6) is -0.198. The van der Waals surface area contributed by atoms with Gasteiger partial charge in [0.15, 0.2) is 0 Å². The van der Waals surface area contributed by atoms with Crippen LogP contribution >= 0.6 is 0 Å². The number of carbonyl (C=O) groups excluding carboxylic acids is 1. The van der Waals surface area contributed by atoms with E-state index in [4.69, 9.17) is 0 Å². The largest absolute Gasteiger partial charge is 0.360 e. The number of fused-ring (bicyclic) bond motifs is 1. The summed E-state index contributed by atoms with van der Waals surface area (Å²) in [6.45, 7) is 1.97. The highest BCUT2D eigenvalue weighted by Crippen LogP contribution is 2.39. The van der Waals surface area contributed by atoms with Crippen molar-refractivity contribution in [2.75, 3.05) is 10.2 Å². The molecule has 1 atom stereocenters. The van der Waals surface area contributed by atoms with E-state index < -0.39 is 11.1 Å². The molecule has 0 aromatic heterocycles. The zero-order valence-electron chi connectivity index (χ0n) is 14.6. The number of rotatable bonds is 3. The molecule has 0 saturated heterocycles. The van der Waals surface area contributed by atoms with Crippen LogP contribution in [0.15, 0.2) is 72.8 Å². The van der Waals surface area contributed by atoms with Crippen LogP contribution in [0, 0.1) is 17.0 Å². The number of nitro groups is 1. The summed E-state index contributed by atoms with van der Waals surface area (Å²) in [5, 5.41) is 14.9. The number of carbonyl (C=O) groups is 1. The Bertz CT molecular complexity index is 1030. The SMILES string of the molecule is Cc1ccc(N2C(=O)c3ccccc3N[C@H]2c2ccccc2[N+](=O)[O-])cc1. The number of hydrogen-bond donors (Lipinski definition) is 1. The minimum Gasteiger partial charge on any atom is -0.360 e. The summed E-state index contributed by atoms with van der Waals surface area (Å²) in [4.78, 5) is 26.0. The predicted molar refractivity (Wildman–Crippen MR) is 104 cm³/mol. The third-order valence-corrected chi connectivity index (χ3v) is 4.67. The molecule has 0 radical (unpaired) electrons. The average Bonchev–Trinajstić information content (AvgIpc) is 2.69. The Labute approximate surface area is 156 Å². The fourth-order valence-corrected chi connectivity index (χ4v) is 3.33. The van der Waals surface area contributed by atoms with Gasteiger partial charge in [-0.3, -0.25) is 19.8 Å². The molecule has 6 nitrogen and oxygen atoms in total. The highest BCUT2D eigenvalue weighted by Gasteiger charge is 2.36. The zero-order chi connectivity index (χ0) is 19.0. The molecule has 4 rings (SSSR count). The molecule has 1 aliphatic rings. The van der Waals surface area contributed by atoms with Crippen molar-refractivity contribution in [3.8, 4) is 0 Å². The summed E-state index contributed by atoms with van der Waals surface area (Å²) in [6, 6.07) is 21.2. The quantitative estimate of drug-likeness (QED) is 0.544. The van der Waals surface area contributed by atoms with Gasteiger partial charge in [-0.1, -0.05) is 42.0 Å². The third-order valence-electron chi connectivity index (χ3n) is 4.67. The van der Waals surface area contributed by atoms with Crippen molar-refractivity contribution in [1.82, 2.24) is 0 Å². The number of nitro benzene ring substituents is 1. The maximum Gasteiger partial charge on any atom is 0.276 e. The van der Waals surface area contributed by atoms with Crippen LogP contribution in [0.5, 0.6) is 0 Å². The van der Waals surface area contributed by atoms with Gasteiger partial charge in [-0.15, -0.1) is 0 Å². The number of amides is 1. The third kappa shape index (κ3) is 2.91. The minimum atomic E-state index is -0.684. The molecule has 1 aliphatic heterocycles. The summed E-state index contributed by atoms with van der Waals surface area (Å²) in [5.41, 5.74) is 3.35. The van der Waals surface area contributed by atoms with E-state index in [1.807, 2.05) is 43.3 Å². The van der Waals surface area contributed by atoms with Gasteiger partial charge in [0.2, 0.25) is 0 Å².